The number of aromatic nitrogens is 1. The number of piperazine rings is 1. The molecule has 16 heavy (non-hydrogen) atoms. The number of anilines is 1. The molecule has 1 aliphatic rings. The normalized spacial score (nSPS) is 22.7. The van der Waals surface area contributed by atoms with Crippen molar-refractivity contribution < 1.29 is 4.42 Å². The molecule has 1 aromatic rings. The maximum Gasteiger partial charge on any atom is 0.297 e. The number of likely N-dealkylation sites (N-methyl/N-ethyl adjacent to an activating group) is 1. The van der Waals surface area contributed by atoms with Crippen LogP contribution in [0.1, 0.15) is 19.5 Å². The van der Waals surface area contributed by atoms with Crippen LogP contribution < -0.4 is 4.90 Å². The van der Waals surface area contributed by atoms with Crippen molar-refractivity contribution in [3.05, 3.63) is 12.0 Å². The number of alkyl halides is 1. The first-order chi connectivity index (χ1) is 7.74. The van der Waals surface area contributed by atoms with Crippen LogP contribution in [0.3, 0.4) is 0 Å². The first-order valence-corrected chi connectivity index (χ1v) is 6.27. The predicted molar refractivity (Wildman–Crippen MR) is 65.0 cm³/mol. The molecule has 1 unspecified atom stereocenters. The summed E-state index contributed by atoms with van der Waals surface area (Å²) in [5, 5.41) is 0. The molecule has 0 radical (unpaired) electrons. The zero-order chi connectivity index (χ0) is 11.5. The quantitative estimate of drug-likeness (QED) is 0.760. The highest BCUT2D eigenvalue weighted by Gasteiger charge is 2.24. The van der Waals surface area contributed by atoms with Crippen LogP contribution in [0.2, 0.25) is 0 Å². The number of halogens is 1. The fourth-order valence-corrected chi connectivity index (χ4v) is 2.26. The van der Waals surface area contributed by atoms with E-state index in [2.05, 4.69) is 28.6 Å². The van der Waals surface area contributed by atoms with Crippen molar-refractivity contribution in [1.82, 2.24) is 9.88 Å². The highest BCUT2D eigenvalue weighted by Crippen LogP contribution is 2.19. The van der Waals surface area contributed by atoms with E-state index in [1.54, 1.807) is 6.26 Å². The number of rotatable bonds is 3. The lowest BCUT2D eigenvalue weighted by Gasteiger charge is -2.38. The van der Waals surface area contributed by atoms with Crippen LogP contribution in [0.25, 0.3) is 0 Å². The maximum atomic E-state index is 5.70. The average Bonchev–Trinajstić information content (AvgIpc) is 2.77. The summed E-state index contributed by atoms with van der Waals surface area (Å²) in [7, 11) is 0. The third-order valence-electron chi connectivity index (χ3n) is 3.12. The molecular formula is C11H18ClN3O. The third kappa shape index (κ3) is 2.33. The molecule has 1 aromatic heterocycles. The predicted octanol–water partition coefficient (Wildman–Crippen LogP) is 1.94. The van der Waals surface area contributed by atoms with Crippen molar-refractivity contribution in [2.24, 2.45) is 0 Å². The van der Waals surface area contributed by atoms with E-state index in [1.165, 1.54) is 0 Å². The summed E-state index contributed by atoms with van der Waals surface area (Å²) in [5.74, 6) is 0.411. The molecule has 1 fully saturated rings. The number of oxazole rings is 1. The highest BCUT2D eigenvalue weighted by molar-refractivity contribution is 6.16. The lowest BCUT2D eigenvalue weighted by atomic mass is 10.2. The summed E-state index contributed by atoms with van der Waals surface area (Å²) < 4.78 is 5.42. The molecule has 1 atom stereocenters. The largest absolute Gasteiger partial charge is 0.432 e. The molecule has 2 rings (SSSR count). The molecule has 90 valence electrons. The first kappa shape index (κ1) is 11.7. The van der Waals surface area contributed by atoms with Gasteiger partial charge in [0.05, 0.1) is 11.6 Å². The molecule has 0 aromatic carbocycles. The van der Waals surface area contributed by atoms with Crippen LogP contribution in [0.15, 0.2) is 10.7 Å². The summed E-state index contributed by atoms with van der Waals surface area (Å²) in [6, 6.07) is 1.25. The van der Waals surface area contributed by atoms with E-state index >= 15 is 0 Å². The topological polar surface area (TPSA) is 32.5 Å². The van der Waals surface area contributed by atoms with Gasteiger partial charge in [0.25, 0.3) is 6.01 Å². The Labute approximate surface area is 101 Å². The van der Waals surface area contributed by atoms with Gasteiger partial charge in [0.2, 0.25) is 0 Å². The van der Waals surface area contributed by atoms with Crippen molar-refractivity contribution in [3.8, 4) is 0 Å². The summed E-state index contributed by atoms with van der Waals surface area (Å²) >= 11 is 5.70. The average molecular weight is 244 g/mol. The van der Waals surface area contributed by atoms with E-state index in [1.807, 2.05) is 0 Å². The highest BCUT2D eigenvalue weighted by atomic mass is 35.5. The minimum Gasteiger partial charge on any atom is -0.432 e. The maximum absolute atomic E-state index is 5.70. The van der Waals surface area contributed by atoms with Gasteiger partial charge in [-0.1, -0.05) is 6.92 Å². The van der Waals surface area contributed by atoms with Crippen molar-refractivity contribution >= 4 is 17.6 Å². The molecule has 2 heterocycles. The fraction of sp³-hybridized carbons (Fsp3) is 0.727. The lowest BCUT2D eigenvalue weighted by molar-refractivity contribution is 0.195. The van der Waals surface area contributed by atoms with Gasteiger partial charge >= 0.3 is 0 Å². The van der Waals surface area contributed by atoms with E-state index in [0.717, 1.165) is 31.9 Å². The van der Waals surface area contributed by atoms with Gasteiger partial charge in [-0.2, -0.15) is 4.98 Å². The zero-order valence-corrected chi connectivity index (χ0v) is 10.6. The Balaban J connectivity index is 2.01. The second kappa shape index (κ2) is 5.06. The van der Waals surface area contributed by atoms with E-state index in [-0.39, 0.29) is 0 Å². The zero-order valence-electron chi connectivity index (χ0n) is 9.82. The molecule has 0 amide bonds. The van der Waals surface area contributed by atoms with Gasteiger partial charge in [-0.15, -0.1) is 11.6 Å². The standard InChI is InChI=1S/C11H18ClN3O/c1-3-14-4-5-15(7-9(14)2)11-13-10(6-12)8-16-11/h8-9H,3-7H2,1-2H3. The minimum absolute atomic E-state index is 0.411. The smallest absolute Gasteiger partial charge is 0.297 e. The first-order valence-electron chi connectivity index (χ1n) is 5.74. The van der Waals surface area contributed by atoms with Gasteiger partial charge in [0.15, 0.2) is 0 Å². The van der Waals surface area contributed by atoms with Gasteiger partial charge < -0.3 is 9.32 Å². The third-order valence-corrected chi connectivity index (χ3v) is 3.39. The van der Waals surface area contributed by atoms with E-state index < -0.39 is 0 Å². The Bertz CT molecular complexity index is 342. The molecule has 0 N–H and O–H groups in total. The van der Waals surface area contributed by atoms with Crippen LogP contribution in [-0.2, 0) is 5.88 Å². The van der Waals surface area contributed by atoms with Crippen LogP contribution in [0.5, 0.6) is 0 Å². The molecule has 0 bridgehead atoms. The number of nitrogens with zero attached hydrogens (tertiary/aromatic N) is 3. The van der Waals surface area contributed by atoms with Crippen LogP contribution in [0.4, 0.5) is 6.01 Å². The summed E-state index contributed by atoms with van der Waals surface area (Å²) in [6.07, 6.45) is 1.64. The Kier molecular flexibility index (Phi) is 3.71. The molecule has 5 heteroatoms. The Hall–Kier alpha value is -0.740. The van der Waals surface area contributed by atoms with Crippen molar-refractivity contribution in [1.29, 1.82) is 0 Å². The molecule has 0 spiro atoms. The Morgan fingerprint density at radius 1 is 1.56 bits per heavy atom. The Morgan fingerprint density at radius 2 is 2.38 bits per heavy atom. The van der Waals surface area contributed by atoms with E-state index in [9.17, 15) is 0 Å². The second-order valence-corrected chi connectivity index (χ2v) is 4.45. The van der Waals surface area contributed by atoms with Gasteiger partial charge in [-0.05, 0) is 13.5 Å². The number of hydrogen-bond donors (Lipinski definition) is 0. The van der Waals surface area contributed by atoms with E-state index in [0.29, 0.717) is 17.9 Å². The van der Waals surface area contributed by atoms with Crippen molar-refractivity contribution in [2.75, 3.05) is 31.1 Å². The van der Waals surface area contributed by atoms with Gasteiger partial charge in [0, 0.05) is 25.7 Å². The van der Waals surface area contributed by atoms with Crippen LogP contribution in [0, 0.1) is 0 Å². The van der Waals surface area contributed by atoms with Crippen molar-refractivity contribution in [3.63, 3.8) is 0 Å². The molecule has 0 saturated carbocycles. The van der Waals surface area contributed by atoms with Gasteiger partial charge in [-0.25, -0.2) is 0 Å². The summed E-state index contributed by atoms with van der Waals surface area (Å²) in [6.45, 7) is 8.55. The van der Waals surface area contributed by atoms with Gasteiger partial charge in [0.1, 0.15) is 6.26 Å². The molecule has 1 aliphatic heterocycles. The Morgan fingerprint density at radius 3 is 2.94 bits per heavy atom. The number of hydrogen-bond acceptors (Lipinski definition) is 4. The fourth-order valence-electron chi connectivity index (χ4n) is 2.14. The molecule has 0 aliphatic carbocycles. The summed E-state index contributed by atoms with van der Waals surface area (Å²) in [5.41, 5.74) is 0.808. The van der Waals surface area contributed by atoms with Crippen LogP contribution in [-0.4, -0.2) is 42.1 Å². The van der Waals surface area contributed by atoms with Crippen molar-refractivity contribution in [2.45, 2.75) is 25.8 Å². The minimum atomic E-state index is 0.411. The molecule has 4 nitrogen and oxygen atoms in total. The van der Waals surface area contributed by atoms with Crippen LogP contribution >= 0.6 is 11.6 Å². The lowest BCUT2D eigenvalue weighted by Crippen LogP contribution is -2.51. The second-order valence-electron chi connectivity index (χ2n) is 4.18. The van der Waals surface area contributed by atoms with E-state index in [4.69, 9.17) is 16.0 Å². The monoisotopic (exact) mass is 243 g/mol. The molecule has 1 saturated heterocycles. The SMILES string of the molecule is CCN1CCN(c2nc(CCl)co2)CC1C. The molecular weight excluding hydrogens is 226 g/mol. The summed E-state index contributed by atoms with van der Waals surface area (Å²) in [4.78, 5) is 8.99. The van der Waals surface area contributed by atoms with Gasteiger partial charge in [-0.3, -0.25) is 4.90 Å².